The molecule has 1 aromatic rings. The number of aliphatic hydroxyl groups excluding tert-OH is 1. The van der Waals surface area contributed by atoms with Crippen molar-refractivity contribution in [1.29, 1.82) is 0 Å². The van der Waals surface area contributed by atoms with Crippen molar-refractivity contribution in [3.63, 3.8) is 0 Å². The minimum absolute atomic E-state index is 0.0417. The van der Waals surface area contributed by atoms with Gasteiger partial charge in [-0.15, -0.1) is 0 Å². The SMILES string of the molecule is Nc1ccc(Cl)c(C(=O)NC2CC(O)C2)c1. The first kappa shape index (κ1) is 11.2. The van der Waals surface area contributed by atoms with E-state index in [-0.39, 0.29) is 18.1 Å². The number of halogens is 1. The minimum Gasteiger partial charge on any atom is -0.399 e. The fourth-order valence-corrected chi connectivity index (χ4v) is 1.89. The zero-order chi connectivity index (χ0) is 11.7. The summed E-state index contributed by atoms with van der Waals surface area (Å²) in [6, 6.07) is 4.83. The first-order valence-corrected chi connectivity index (χ1v) is 5.48. The number of carbonyl (C=O) groups is 1. The Morgan fingerprint density at radius 3 is 2.81 bits per heavy atom. The lowest BCUT2D eigenvalue weighted by atomic mass is 9.89. The van der Waals surface area contributed by atoms with E-state index in [9.17, 15) is 4.79 Å². The number of nitrogens with two attached hydrogens (primary N) is 1. The van der Waals surface area contributed by atoms with Crippen LogP contribution in [0.25, 0.3) is 0 Å². The third-order valence-corrected chi connectivity index (χ3v) is 3.01. The first-order chi connectivity index (χ1) is 7.56. The molecule has 0 spiro atoms. The summed E-state index contributed by atoms with van der Waals surface area (Å²) < 4.78 is 0. The van der Waals surface area contributed by atoms with Gasteiger partial charge in [-0.25, -0.2) is 0 Å². The van der Waals surface area contributed by atoms with Crippen LogP contribution in [0.1, 0.15) is 23.2 Å². The second-order valence-electron chi connectivity index (χ2n) is 4.03. The molecule has 1 aromatic carbocycles. The number of rotatable bonds is 2. The van der Waals surface area contributed by atoms with E-state index in [0.29, 0.717) is 29.1 Å². The van der Waals surface area contributed by atoms with Crippen LogP contribution in [-0.4, -0.2) is 23.2 Å². The number of benzene rings is 1. The number of aliphatic hydroxyl groups is 1. The molecule has 0 aromatic heterocycles. The second kappa shape index (κ2) is 4.31. The van der Waals surface area contributed by atoms with E-state index >= 15 is 0 Å². The third kappa shape index (κ3) is 2.28. The number of hydrogen-bond donors (Lipinski definition) is 3. The molecule has 1 aliphatic carbocycles. The van der Waals surface area contributed by atoms with Gasteiger partial charge in [-0.3, -0.25) is 4.79 Å². The fourth-order valence-electron chi connectivity index (χ4n) is 1.69. The van der Waals surface area contributed by atoms with Crippen molar-refractivity contribution >= 4 is 23.2 Å². The molecule has 1 fully saturated rings. The molecule has 1 saturated carbocycles. The molecular weight excluding hydrogens is 228 g/mol. The maximum atomic E-state index is 11.8. The average Bonchev–Trinajstić information content (AvgIpc) is 2.19. The fraction of sp³-hybridized carbons (Fsp3) is 0.364. The van der Waals surface area contributed by atoms with Gasteiger partial charge in [-0.2, -0.15) is 0 Å². The summed E-state index contributed by atoms with van der Waals surface area (Å²) in [4.78, 5) is 11.8. The zero-order valence-electron chi connectivity index (χ0n) is 8.61. The molecule has 0 heterocycles. The molecule has 0 bridgehead atoms. The lowest BCUT2D eigenvalue weighted by Crippen LogP contribution is -2.46. The predicted octanol–water partition coefficient (Wildman–Crippen LogP) is 1.18. The van der Waals surface area contributed by atoms with Crippen LogP contribution in [0, 0.1) is 0 Å². The van der Waals surface area contributed by atoms with E-state index < -0.39 is 0 Å². The summed E-state index contributed by atoms with van der Waals surface area (Å²) in [6.45, 7) is 0. The molecule has 86 valence electrons. The van der Waals surface area contributed by atoms with Gasteiger partial charge in [0.1, 0.15) is 0 Å². The van der Waals surface area contributed by atoms with Crippen LogP contribution in [-0.2, 0) is 0 Å². The number of carbonyl (C=O) groups excluding carboxylic acids is 1. The Kier molecular flexibility index (Phi) is 3.03. The topological polar surface area (TPSA) is 75.4 Å². The van der Waals surface area contributed by atoms with Crippen molar-refractivity contribution in [3.05, 3.63) is 28.8 Å². The number of hydrogen-bond acceptors (Lipinski definition) is 3. The van der Waals surface area contributed by atoms with Crippen LogP contribution < -0.4 is 11.1 Å². The smallest absolute Gasteiger partial charge is 0.253 e. The highest BCUT2D eigenvalue weighted by molar-refractivity contribution is 6.34. The lowest BCUT2D eigenvalue weighted by molar-refractivity contribution is 0.0563. The number of anilines is 1. The second-order valence-corrected chi connectivity index (χ2v) is 4.44. The molecule has 5 heteroatoms. The summed E-state index contributed by atoms with van der Waals surface area (Å²) >= 11 is 5.90. The van der Waals surface area contributed by atoms with Crippen LogP contribution in [0.3, 0.4) is 0 Å². The standard InChI is InChI=1S/C11H13ClN2O2/c12-10-2-1-6(13)3-9(10)11(16)14-7-4-8(15)5-7/h1-3,7-8,15H,4-5,13H2,(H,14,16). The molecule has 0 unspecified atom stereocenters. The van der Waals surface area contributed by atoms with Crippen molar-refractivity contribution in [2.75, 3.05) is 5.73 Å². The van der Waals surface area contributed by atoms with Crippen molar-refractivity contribution in [2.45, 2.75) is 25.0 Å². The molecular formula is C11H13ClN2O2. The molecule has 2 rings (SSSR count). The number of amides is 1. The van der Waals surface area contributed by atoms with Gasteiger partial charge in [0.2, 0.25) is 0 Å². The van der Waals surface area contributed by atoms with Gasteiger partial charge in [0.25, 0.3) is 5.91 Å². The molecule has 4 N–H and O–H groups in total. The van der Waals surface area contributed by atoms with E-state index in [2.05, 4.69) is 5.32 Å². The maximum absolute atomic E-state index is 11.8. The Labute approximate surface area is 98.4 Å². The van der Waals surface area contributed by atoms with E-state index in [4.69, 9.17) is 22.4 Å². The molecule has 4 nitrogen and oxygen atoms in total. The van der Waals surface area contributed by atoms with Gasteiger partial charge in [-0.05, 0) is 31.0 Å². The van der Waals surface area contributed by atoms with Crippen LogP contribution in [0.15, 0.2) is 18.2 Å². The third-order valence-electron chi connectivity index (χ3n) is 2.68. The van der Waals surface area contributed by atoms with Crippen molar-refractivity contribution < 1.29 is 9.90 Å². The summed E-state index contributed by atoms with van der Waals surface area (Å²) in [5, 5.41) is 12.3. The Bertz CT molecular complexity index is 416. The molecule has 1 amide bonds. The Hall–Kier alpha value is -1.26. The van der Waals surface area contributed by atoms with Crippen LogP contribution in [0.5, 0.6) is 0 Å². The van der Waals surface area contributed by atoms with Gasteiger partial charge >= 0.3 is 0 Å². The normalized spacial score (nSPS) is 23.6. The zero-order valence-corrected chi connectivity index (χ0v) is 9.37. The van der Waals surface area contributed by atoms with Crippen molar-refractivity contribution in [2.24, 2.45) is 0 Å². The maximum Gasteiger partial charge on any atom is 0.253 e. The molecule has 1 aliphatic rings. The first-order valence-electron chi connectivity index (χ1n) is 5.10. The Morgan fingerprint density at radius 1 is 1.50 bits per heavy atom. The molecule has 16 heavy (non-hydrogen) atoms. The highest BCUT2D eigenvalue weighted by Gasteiger charge is 2.29. The molecule has 0 radical (unpaired) electrons. The highest BCUT2D eigenvalue weighted by Crippen LogP contribution is 2.22. The van der Waals surface area contributed by atoms with E-state index in [1.54, 1.807) is 18.2 Å². The number of nitrogens with one attached hydrogen (secondary N) is 1. The van der Waals surface area contributed by atoms with Crippen molar-refractivity contribution in [1.82, 2.24) is 5.32 Å². The van der Waals surface area contributed by atoms with Gasteiger partial charge in [0, 0.05) is 11.7 Å². The largest absolute Gasteiger partial charge is 0.399 e. The quantitative estimate of drug-likeness (QED) is 0.680. The van der Waals surface area contributed by atoms with E-state index in [1.807, 2.05) is 0 Å². The van der Waals surface area contributed by atoms with Crippen LogP contribution in [0.4, 0.5) is 5.69 Å². The van der Waals surface area contributed by atoms with Gasteiger partial charge < -0.3 is 16.2 Å². The lowest BCUT2D eigenvalue weighted by Gasteiger charge is -2.32. The summed E-state index contributed by atoms with van der Waals surface area (Å²) in [7, 11) is 0. The Balaban J connectivity index is 2.05. The predicted molar refractivity (Wildman–Crippen MR) is 62.4 cm³/mol. The highest BCUT2D eigenvalue weighted by atomic mass is 35.5. The van der Waals surface area contributed by atoms with Crippen LogP contribution >= 0.6 is 11.6 Å². The van der Waals surface area contributed by atoms with Gasteiger partial charge in [0.15, 0.2) is 0 Å². The van der Waals surface area contributed by atoms with E-state index in [0.717, 1.165) is 0 Å². The van der Waals surface area contributed by atoms with Crippen LogP contribution in [0.2, 0.25) is 5.02 Å². The summed E-state index contributed by atoms with van der Waals surface area (Å²) in [6.07, 6.45) is 0.916. The average molecular weight is 241 g/mol. The van der Waals surface area contributed by atoms with E-state index in [1.165, 1.54) is 0 Å². The molecule has 0 atom stereocenters. The summed E-state index contributed by atoms with van der Waals surface area (Å²) in [5.74, 6) is -0.241. The Morgan fingerprint density at radius 2 is 2.19 bits per heavy atom. The molecule has 0 saturated heterocycles. The van der Waals surface area contributed by atoms with Gasteiger partial charge in [0.05, 0.1) is 16.7 Å². The molecule has 0 aliphatic heterocycles. The van der Waals surface area contributed by atoms with Gasteiger partial charge in [-0.1, -0.05) is 11.6 Å². The van der Waals surface area contributed by atoms with Crippen molar-refractivity contribution in [3.8, 4) is 0 Å². The monoisotopic (exact) mass is 240 g/mol. The number of nitrogen functional groups attached to an aromatic ring is 1. The minimum atomic E-state index is -0.290. The summed E-state index contributed by atoms with van der Waals surface area (Å²) in [5.41, 5.74) is 6.47.